The molecule has 1 aliphatic carbocycles. The number of fused-ring (bicyclic) bond motifs is 2. The van der Waals surface area contributed by atoms with E-state index in [4.69, 9.17) is 20.9 Å². The lowest BCUT2D eigenvalue weighted by Crippen LogP contribution is -2.27. The molecule has 4 heterocycles. The Labute approximate surface area is 175 Å². The average molecular weight is 409 g/mol. The predicted molar refractivity (Wildman–Crippen MR) is 114 cm³/mol. The topological polar surface area (TPSA) is 114 Å². The van der Waals surface area contributed by atoms with Crippen LogP contribution in [0.1, 0.15) is 44.7 Å². The van der Waals surface area contributed by atoms with Gasteiger partial charge in [0, 0.05) is 12.4 Å². The number of anilines is 2. The minimum Gasteiger partial charge on any atom is -0.384 e. The smallest absolute Gasteiger partial charge is 0.163 e. The monoisotopic (exact) mass is 408 g/mol. The number of nitrogens with zero attached hydrogens (tertiary/aromatic N) is 4. The fraction of sp³-hybridized carbons (Fsp3) is 0.500. The zero-order valence-corrected chi connectivity index (χ0v) is 17.4. The van der Waals surface area contributed by atoms with Crippen LogP contribution in [0.5, 0.6) is 0 Å². The van der Waals surface area contributed by atoms with Gasteiger partial charge in [-0.15, -0.1) is 0 Å². The van der Waals surface area contributed by atoms with Crippen molar-refractivity contribution in [2.45, 2.75) is 63.6 Å². The van der Waals surface area contributed by atoms with Gasteiger partial charge in [0.2, 0.25) is 0 Å². The molecule has 3 aromatic rings. The molecule has 4 N–H and O–H groups in total. The summed E-state index contributed by atoms with van der Waals surface area (Å²) in [5, 5.41) is 0.881. The van der Waals surface area contributed by atoms with E-state index in [-0.39, 0.29) is 18.2 Å². The molecular formula is C22H28N6O2. The van der Waals surface area contributed by atoms with E-state index in [0.29, 0.717) is 17.6 Å². The zero-order valence-electron chi connectivity index (χ0n) is 17.4. The highest BCUT2D eigenvalue weighted by molar-refractivity contribution is 5.86. The molecule has 0 radical (unpaired) electrons. The highest BCUT2D eigenvalue weighted by Crippen LogP contribution is 2.49. The normalized spacial score (nSPS) is 27.5. The summed E-state index contributed by atoms with van der Waals surface area (Å²) < 4.78 is 14.9. The van der Waals surface area contributed by atoms with Gasteiger partial charge in [-0.3, -0.25) is 0 Å². The highest BCUT2D eigenvalue weighted by atomic mass is 16.8. The van der Waals surface area contributed by atoms with E-state index in [1.54, 1.807) is 6.20 Å². The molecule has 0 spiro atoms. The Kier molecular flexibility index (Phi) is 4.63. The standard InChI is InChI=1S/C22H28N6O2/c1-22(2)29-18-14(5-3-4-13-6-8-25-17(23)10-13)11-16(19(18)30-22)28-9-7-15-20(24)26-12-27-21(15)28/h6-10,12,14,16,18-19H,3-5,11H2,1-2H3,(H2,23,25)(H2,24,26,27)/t14-,16+,18+,19-/m0/s1. The summed E-state index contributed by atoms with van der Waals surface area (Å²) in [6.07, 6.45) is 9.50. The fourth-order valence-corrected chi connectivity index (χ4v) is 5.09. The Morgan fingerprint density at radius 2 is 1.97 bits per heavy atom. The second-order valence-electron chi connectivity index (χ2n) is 8.83. The first-order valence-corrected chi connectivity index (χ1v) is 10.5. The van der Waals surface area contributed by atoms with Gasteiger partial charge in [-0.05, 0) is 69.2 Å². The molecule has 0 aromatic carbocycles. The third kappa shape index (κ3) is 3.40. The van der Waals surface area contributed by atoms with E-state index in [1.807, 2.05) is 38.2 Å². The fourth-order valence-electron chi connectivity index (χ4n) is 5.09. The molecule has 3 aromatic heterocycles. The van der Waals surface area contributed by atoms with Crippen molar-refractivity contribution >= 4 is 22.7 Å². The molecular weight excluding hydrogens is 380 g/mol. The van der Waals surface area contributed by atoms with Crippen molar-refractivity contribution in [3.8, 4) is 0 Å². The molecule has 2 aliphatic rings. The summed E-state index contributed by atoms with van der Waals surface area (Å²) in [6.45, 7) is 3.99. The van der Waals surface area contributed by atoms with Gasteiger partial charge < -0.3 is 25.5 Å². The molecule has 2 fully saturated rings. The van der Waals surface area contributed by atoms with Gasteiger partial charge >= 0.3 is 0 Å². The summed E-state index contributed by atoms with van der Waals surface area (Å²) in [7, 11) is 0. The van der Waals surface area contributed by atoms with E-state index in [2.05, 4.69) is 19.5 Å². The van der Waals surface area contributed by atoms with Gasteiger partial charge in [0.1, 0.15) is 29.7 Å². The number of nitrogens with two attached hydrogens (primary N) is 2. The van der Waals surface area contributed by atoms with Crippen LogP contribution in [0.3, 0.4) is 0 Å². The van der Waals surface area contributed by atoms with Crippen molar-refractivity contribution < 1.29 is 9.47 Å². The second kappa shape index (κ2) is 7.21. The Bertz CT molecular complexity index is 1060. The number of pyridine rings is 1. The summed E-state index contributed by atoms with van der Waals surface area (Å²) in [4.78, 5) is 12.7. The summed E-state index contributed by atoms with van der Waals surface area (Å²) in [6, 6.07) is 6.13. The lowest BCUT2D eigenvalue weighted by Gasteiger charge is -2.24. The molecule has 8 heteroatoms. The number of rotatable bonds is 5. The van der Waals surface area contributed by atoms with Crippen LogP contribution < -0.4 is 11.5 Å². The van der Waals surface area contributed by atoms with Crippen LogP contribution in [0.25, 0.3) is 11.0 Å². The Balaban J connectivity index is 1.36. The van der Waals surface area contributed by atoms with E-state index in [9.17, 15) is 0 Å². The maximum Gasteiger partial charge on any atom is 0.163 e. The van der Waals surface area contributed by atoms with Crippen LogP contribution in [-0.4, -0.2) is 37.5 Å². The van der Waals surface area contributed by atoms with Crippen LogP contribution in [0.2, 0.25) is 0 Å². The maximum absolute atomic E-state index is 6.36. The van der Waals surface area contributed by atoms with Crippen molar-refractivity contribution in [2.24, 2.45) is 5.92 Å². The first kappa shape index (κ1) is 19.3. The van der Waals surface area contributed by atoms with Crippen molar-refractivity contribution in [3.63, 3.8) is 0 Å². The molecule has 0 bridgehead atoms. The molecule has 158 valence electrons. The van der Waals surface area contributed by atoms with Crippen LogP contribution in [0, 0.1) is 5.92 Å². The molecule has 1 aliphatic heterocycles. The average Bonchev–Trinajstić information content (AvgIpc) is 3.34. The Morgan fingerprint density at radius 1 is 1.13 bits per heavy atom. The Morgan fingerprint density at radius 3 is 2.80 bits per heavy atom. The van der Waals surface area contributed by atoms with Gasteiger partial charge in [0.25, 0.3) is 0 Å². The molecule has 1 saturated heterocycles. The van der Waals surface area contributed by atoms with Gasteiger partial charge in [-0.25, -0.2) is 15.0 Å². The SMILES string of the molecule is CC1(C)O[C@@H]2[C@@H](CCCc3ccnc(N)c3)C[C@@H](n3ccc4c(N)ncnc43)[C@@H]2O1. The van der Waals surface area contributed by atoms with E-state index >= 15 is 0 Å². The summed E-state index contributed by atoms with van der Waals surface area (Å²) >= 11 is 0. The minimum atomic E-state index is -0.581. The molecule has 1 saturated carbocycles. The first-order chi connectivity index (χ1) is 14.4. The van der Waals surface area contributed by atoms with E-state index < -0.39 is 5.79 Å². The van der Waals surface area contributed by atoms with Crippen LogP contribution in [0.4, 0.5) is 11.6 Å². The van der Waals surface area contributed by atoms with Crippen LogP contribution >= 0.6 is 0 Å². The van der Waals surface area contributed by atoms with Crippen molar-refractivity contribution in [1.82, 2.24) is 19.5 Å². The molecule has 4 atom stereocenters. The molecule has 8 nitrogen and oxygen atoms in total. The summed E-state index contributed by atoms with van der Waals surface area (Å²) in [5.74, 6) is 0.912. The third-order valence-electron chi connectivity index (χ3n) is 6.33. The molecule has 0 unspecified atom stereocenters. The third-order valence-corrected chi connectivity index (χ3v) is 6.33. The van der Waals surface area contributed by atoms with Crippen molar-refractivity contribution in [1.29, 1.82) is 0 Å². The van der Waals surface area contributed by atoms with Crippen molar-refractivity contribution in [2.75, 3.05) is 11.5 Å². The van der Waals surface area contributed by atoms with Crippen molar-refractivity contribution in [3.05, 3.63) is 42.5 Å². The number of nitrogen functional groups attached to an aromatic ring is 2. The minimum absolute atomic E-state index is 0.00615. The Hall–Kier alpha value is -2.71. The number of hydrogen-bond acceptors (Lipinski definition) is 7. The zero-order chi connectivity index (χ0) is 20.9. The predicted octanol–water partition coefficient (Wildman–Crippen LogP) is 3.09. The number of hydrogen-bond donors (Lipinski definition) is 2. The maximum atomic E-state index is 6.36. The van der Waals surface area contributed by atoms with E-state index in [0.717, 1.165) is 36.7 Å². The number of ether oxygens (including phenoxy) is 2. The molecule has 5 rings (SSSR count). The lowest BCUT2D eigenvalue weighted by atomic mass is 9.96. The van der Waals surface area contributed by atoms with Gasteiger partial charge in [0.15, 0.2) is 5.79 Å². The van der Waals surface area contributed by atoms with Gasteiger partial charge in [-0.1, -0.05) is 0 Å². The quantitative estimate of drug-likeness (QED) is 0.667. The number of aromatic nitrogens is 4. The van der Waals surface area contributed by atoms with Crippen LogP contribution in [0.15, 0.2) is 36.9 Å². The van der Waals surface area contributed by atoms with E-state index in [1.165, 1.54) is 11.9 Å². The molecule has 0 amide bonds. The van der Waals surface area contributed by atoms with Gasteiger partial charge in [0.05, 0.1) is 17.5 Å². The van der Waals surface area contributed by atoms with Gasteiger partial charge in [-0.2, -0.15) is 0 Å². The van der Waals surface area contributed by atoms with Crippen LogP contribution in [-0.2, 0) is 15.9 Å². The summed E-state index contributed by atoms with van der Waals surface area (Å²) in [5.41, 5.74) is 13.9. The highest BCUT2D eigenvalue weighted by Gasteiger charge is 2.54. The largest absolute Gasteiger partial charge is 0.384 e. The molecule has 30 heavy (non-hydrogen) atoms. The first-order valence-electron chi connectivity index (χ1n) is 10.5. The second-order valence-corrected chi connectivity index (χ2v) is 8.83. The number of aryl methyl sites for hydroxylation is 1. The lowest BCUT2D eigenvalue weighted by molar-refractivity contribution is -0.160.